The highest BCUT2D eigenvalue weighted by Crippen LogP contribution is 2.33. The second-order valence-corrected chi connectivity index (χ2v) is 10.7. The summed E-state index contributed by atoms with van der Waals surface area (Å²) < 4.78 is 31.2. The molecule has 2 unspecified atom stereocenters. The number of ether oxygens (including phenoxy) is 1. The van der Waals surface area contributed by atoms with Crippen LogP contribution in [-0.2, 0) is 9.84 Å². The van der Waals surface area contributed by atoms with Gasteiger partial charge in [0, 0.05) is 24.4 Å². The Hall–Kier alpha value is -3.54. The summed E-state index contributed by atoms with van der Waals surface area (Å²) >= 11 is 5.97. The largest absolute Gasteiger partial charge is 0.456 e. The monoisotopic (exact) mass is 495 g/mol. The molecule has 7 nitrogen and oxygen atoms in total. The van der Waals surface area contributed by atoms with E-state index in [-0.39, 0.29) is 18.6 Å². The summed E-state index contributed by atoms with van der Waals surface area (Å²) in [7, 11) is -3.52. The van der Waals surface area contributed by atoms with E-state index in [2.05, 4.69) is 11.4 Å². The van der Waals surface area contributed by atoms with E-state index in [0.29, 0.717) is 34.2 Å². The number of nitrogens with one attached hydrogen (secondary N) is 1. The maximum atomic E-state index is 12.7. The third-order valence-corrected chi connectivity index (χ3v) is 7.39. The number of hydrogen-bond acceptors (Lipinski definition) is 5. The summed E-state index contributed by atoms with van der Waals surface area (Å²) in [6, 6.07) is 22.1. The van der Waals surface area contributed by atoms with Gasteiger partial charge in [0.1, 0.15) is 22.8 Å². The molecule has 3 aromatic carbocycles. The SMILES string of the molecule is CS(=O)(=O)C(CN1C(=O)NCC1c1cccc(Oc2ccccc2C#N)c1)c1ccc(Cl)cc1. The van der Waals surface area contributed by atoms with E-state index in [1.807, 2.05) is 6.07 Å². The van der Waals surface area contributed by atoms with Crippen LogP contribution in [-0.4, -0.2) is 38.7 Å². The minimum atomic E-state index is -3.52. The van der Waals surface area contributed by atoms with E-state index in [4.69, 9.17) is 16.3 Å². The molecular weight excluding hydrogens is 474 g/mol. The second kappa shape index (κ2) is 9.75. The maximum Gasteiger partial charge on any atom is 0.318 e. The van der Waals surface area contributed by atoms with Crippen LogP contribution in [0.15, 0.2) is 72.8 Å². The van der Waals surface area contributed by atoms with Gasteiger partial charge in [0.15, 0.2) is 9.84 Å². The molecule has 1 aliphatic heterocycles. The zero-order chi connectivity index (χ0) is 24.3. The number of sulfone groups is 1. The van der Waals surface area contributed by atoms with E-state index < -0.39 is 15.1 Å². The van der Waals surface area contributed by atoms with Crippen LogP contribution in [0.25, 0.3) is 0 Å². The summed E-state index contributed by atoms with van der Waals surface area (Å²) in [4.78, 5) is 14.2. The number of urea groups is 1. The van der Waals surface area contributed by atoms with E-state index in [0.717, 1.165) is 11.8 Å². The molecule has 1 saturated heterocycles. The van der Waals surface area contributed by atoms with Crippen molar-refractivity contribution in [1.82, 2.24) is 10.2 Å². The van der Waals surface area contributed by atoms with E-state index in [9.17, 15) is 18.5 Å². The van der Waals surface area contributed by atoms with Gasteiger partial charge in [-0.25, -0.2) is 13.2 Å². The Morgan fingerprint density at radius 3 is 2.59 bits per heavy atom. The van der Waals surface area contributed by atoms with Crippen molar-refractivity contribution in [2.75, 3.05) is 19.3 Å². The van der Waals surface area contributed by atoms with Crippen LogP contribution in [0.2, 0.25) is 5.02 Å². The number of nitrogens with zero attached hydrogens (tertiary/aromatic N) is 2. The topological polar surface area (TPSA) is 99.5 Å². The number of amides is 2. The van der Waals surface area contributed by atoms with Crippen LogP contribution in [0.4, 0.5) is 4.79 Å². The Morgan fingerprint density at radius 2 is 1.88 bits per heavy atom. The Kier molecular flexibility index (Phi) is 6.77. The molecule has 1 fully saturated rings. The van der Waals surface area contributed by atoms with Crippen LogP contribution in [0.1, 0.15) is 28.0 Å². The lowest BCUT2D eigenvalue weighted by atomic mass is 10.0. The first-order chi connectivity index (χ1) is 16.3. The smallest absolute Gasteiger partial charge is 0.318 e. The lowest BCUT2D eigenvalue weighted by Gasteiger charge is -2.28. The Morgan fingerprint density at radius 1 is 1.15 bits per heavy atom. The summed E-state index contributed by atoms with van der Waals surface area (Å²) in [5.74, 6) is 0.941. The molecule has 4 rings (SSSR count). The van der Waals surface area contributed by atoms with Crippen LogP contribution < -0.4 is 10.1 Å². The van der Waals surface area contributed by atoms with Gasteiger partial charge in [-0.2, -0.15) is 5.26 Å². The molecule has 0 spiro atoms. The van der Waals surface area contributed by atoms with Crippen LogP contribution in [0.3, 0.4) is 0 Å². The molecule has 34 heavy (non-hydrogen) atoms. The van der Waals surface area contributed by atoms with E-state index >= 15 is 0 Å². The zero-order valence-corrected chi connectivity index (χ0v) is 19.9. The van der Waals surface area contributed by atoms with Gasteiger partial charge >= 0.3 is 6.03 Å². The zero-order valence-electron chi connectivity index (χ0n) is 18.3. The summed E-state index contributed by atoms with van der Waals surface area (Å²) in [5, 5.41) is 11.7. The molecule has 2 amide bonds. The molecular formula is C25H22ClN3O4S. The van der Waals surface area contributed by atoms with Crippen molar-refractivity contribution in [1.29, 1.82) is 5.26 Å². The van der Waals surface area contributed by atoms with Gasteiger partial charge in [-0.3, -0.25) is 0 Å². The molecule has 2 atom stereocenters. The fraction of sp³-hybridized carbons (Fsp3) is 0.200. The van der Waals surface area contributed by atoms with Crippen LogP contribution in [0.5, 0.6) is 11.5 Å². The van der Waals surface area contributed by atoms with Gasteiger partial charge in [-0.15, -0.1) is 0 Å². The van der Waals surface area contributed by atoms with Gasteiger partial charge < -0.3 is 15.0 Å². The van der Waals surface area contributed by atoms with Gasteiger partial charge in [0.05, 0.1) is 11.6 Å². The standard InChI is InChI=1S/C25H22ClN3O4S/c1-34(31,32)24(17-9-11-20(26)12-10-17)16-29-22(15-28-25(29)30)18-6-4-7-21(13-18)33-23-8-3-2-5-19(23)14-27/h2-13,22,24H,15-16H2,1H3,(H,28,30). The lowest BCUT2D eigenvalue weighted by molar-refractivity contribution is 0.204. The van der Waals surface area contributed by atoms with Crippen molar-refractivity contribution in [2.24, 2.45) is 0 Å². The van der Waals surface area contributed by atoms with Crippen molar-refractivity contribution in [3.63, 3.8) is 0 Å². The van der Waals surface area contributed by atoms with Gasteiger partial charge in [-0.1, -0.05) is 48.0 Å². The number of para-hydroxylation sites is 1. The molecule has 1 aliphatic rings. The quantitative estimate of drug-likeness (QED) is 0.504. The number of hydrogen-bond donors (Lipinski definition) is 1. The van der Waals surface area contributed by atoms with Crippen molar-refractivity contribution < 1.29 is 17.9 Å². The highest BCUT2D eigenvalue weighted by molar-refractivity contribution is 7.91. The minimum Gasteiger partial charge on any atom is -0.456 e. The number of carbonyl (C=O) groups excluding carboxylic acids is 1. The molecule has 174 valence electrons. The number of rotatable bonds is 7. The molecule has 3 aromatic rings. The highest BCUT2D eigenvalue weighted by Gasteiger charge is 2.36. The minimum absolute atomic E-state index is 0.0146. The third kappa shape index (κ3) is 5.16. The summed E-state index contributed by atoms with van der Waals surface area (Å²) in [6.45, 7) is 0.313. The van der Waals surface area contributed by atoms with Gasteiger partial charge in [-0.05, 0) is 47.5 Å². The summed E-state index contributed by atoms with van der Waals surface area (Å²) in [5.41, 5.74) is 1.76. The summed E-state index contributed by atoms with van der Waals surface area (Å²) in [6.07, 6.45) is 1.16. The first-order valence-electron chi connectivity index (χ1n) is 10.5. The number of nitriles is 1. The van der Waals surface area contributed by atoms with Crippen LogP contribution >= 0.6 is 11.6 Å². The molecule has 0 saturated carbocycles. The van der Waals surface area contributed by atoms with Crippen LogP contribution in [0, 0.1) is 11.3 Å². The first kappa shape index (κ1) is 23.6. The van der Waals surface area contributed by atoms with Crippen molar-refractivity contribution in [3.8, 4) is 17.6 Å². The van der Waals surface area contributed by atoms with Crippen molar-refractivity contribution in [3.05, 3.63) is 94.5 Å². The number of benzene rings is 3. The van der Waals surface area contributed by atoms with Gasteiger partial charge in [0.25, 0.3) is 0 Å². The fourth-order valence-corrected chi connectivity index (χ4v) is 5.16. The molecule has 0 aliphatic carbocycles. The molecule has 1 N–H and O–H groups in total. The molecule has 1 heterocycles. The lowest BCUT2D eigenvalue weighted by Crippen LogP contribution is -2.36. The number of halogens is 1. The second-order valence-electron chi connectivity index (χ2n) is 8.01. The average Bonchev–Trinajstić information content (AvgIpc) is 3.18. The van der Waals surface area contributed by atoms with Gasteiger partial charge in [0.2, 0.25) is 0 Å². The predicted octanol–water partition coefficient (Wildman–Crippen LogP) is 4.86. The first-order valence-corrected chi connectivity index (χ1v) is 12.9. The van der Waals surface area contributed by atoms with E-state index in [1.165, 1.54) is 4.90 Å². The maximum absolute atomic E-state index is 12.7. The van der Waals surface area contributed by atoms with Crippen molar-refractivity contribution in [2.45, 2.75) is 11.3 Å². The van der Waals surface area contributed by atoms with Crippen molar-refractivity contribution >= 4 is 27.5 Å². The average molecular weight is 496 g/mol. The molecule has 0 aromatic heterocycles. The Balaban J connectivity index is 1.62. The normalized spacial score (nSPS) is 16.6. The molecule has 0 radical (unpaired) electrons. The Labute approximate surface area is 203 Å². The van der Waals surface area contributed by atoms with E-state index in [1.54, 1.807) is 66.7 Å². The molecule has 0 bridgehead atoms. The third-order valence-electron chi connectivity index (χ3n) is 5.68. The fourth-order valence-electron chi connectivity index (χ4n) is 3.95. The Bertz CT molecular complexity index is 1350. The highest BCUT2D eigenvalue weighted by atomic mass is 35.5. The molecule has 9 heteroatoms. The number of carbonyl (C=O) groups is 1. The predicted molar refractivity (Wildman–Crippen MR) is 130 cm³/mol.